The van der Waals surface area contributed by atoms with E-state index in [0.29, 0.717) is 0 Å². The van der Waals surface area contributed by atoms with Crippen molar-refractivity contribution in [2.24, 2.45) is 0 Å². The lowest BCUT2D eigenvalue weighted by Gasteiger charge is -2.06. The van der Waals surface area contributed by atoms with Gasteiger partial charge in [-0.05, 0) is 24.3 Å². The van der Waals surface area contributed by atoms with E-state index in [1.54, 1.807) is 13.3 Å². The Labute approximate surface area is 83.2 Å². The molecule has 0 unspecified atom stereocenters. The predicted molar refractivity (Wildman–Crippen MR) is 55.1 cm³/mol. The maximum Gasteiger partial charge on any atom is 0.126 e. The second-order valence-corrected chi connectivity index (χ2v) is 2.87. The van der Waals surface area contributed by atoms with E-state index in [0.717, 1.165) is 16.9 Å². The molecule has 0 saturated heterocycles. The normalized spacial score (nSPS) is 9.79. The number of rotatable bonds is 2. The van der Waals surface area contributed by atoms with Crippen LogP contribution in [-0.2, 0) is 0 Å². The average Bonchev–Trinajstić information content (AvgIpc) is 2.30. The molecule has 0 atom stereocenters. The van der Waals surface area contributed by atoms with Crippen molar-refractivity contribution in [3.05, 3.63) is 48.8 Å². The highest BCUT2D eigenvalue weighted by Crippen LogP contribution is 2.28. The Balaban J connectivity index is 2.51. The topological polar surface area (TPSA) is 22.1 Å². The van der Waals surface area contributed by atoms with Crippen LogP contribution in [-0.4, -0.2) is 12.1 Å². The molecule has 2 aromatic rings. The fourth-order valence-electron chi connectivity index (χ4n) is 1.34. The number of methoxy groups -OCH3 is 1. The van der Waals surface area contributed by atoms with E-state index in [2.05, 4.69) is 11.1 Å². The summed E-state index contributed by atoms with van der Waals surface area (Å²) in [5.74, 6) is 0.844. The maximum atomic E-state index is 5.25. The smallest absolute Gasteiger partial charge is 0.126 e. The Morgan fingerprint density at radius 3 is 3.00 bits per heavy atom. The van der Waals surface area contributed by atoms with Crippen LogP contribution < -0.4 is 4.74 Å². The third kappa shape index (κ3) is 1.59. The Kier molecular flexibility index (Phi) is 2.45. The summed E-state index contributed by atoms with van der Waals surface area (Å²) in [6.07, 6.45) is 3.56. The lowest BCUT2D eigenvalue weighted by molar-refractivity contribution is 0.416. The Morgan fingerprint density at radius 1 is 1.36 bits per heavy atom. The molecule has 0 spiro atoms. The number of hydrogen-bond donors (Lipinski definition) is 0. The molecule has 0 N–H and O–H groups in total. The van der Waals surface area contributed by atoms with Crippen LogP contribution in [0.5, 0.6) is 5.75 Å². The predicted octanol–water partition coefficient (Wildman–Crippen LogP) is 2.56. The summed E-state index contributed by atoms with van der Waals surface area (Å²) in [7, 11) is 1.66. The van der Waals surface area contributed by atoms with E-state index in [9.17, 15) is 0 Å². The molecule has 2 heteroatoms. The molecule has 14 heavy (non-hydrogen) atoms. The van der Waals surface area contributed by atoms with Crippen molar-refractivity contribution >= 4 is 0 Å². The molecule has 0 saturated carbocycles. The number of hydrogen-bond acceptors (Lipinski definition) is 2. The van der Waals surface area contributed by atoms with E-state index < -0.39 is 0 Å². The molecule has 1 heterocycles. The summed E-state index contributed by atoms with van der Waals surface area (Å²) in [5, 5.41) is 0. The minimum absolute atomic E-state index is 0.844. The van der Waals surface area contributed by atoms with Gasteiger partial charge in [0.05, 0.1) is 7.11 Å². The number of ether oxygens (including phenoxy) is 1. The summed E-state index contributed by atoms with van der Waals surface area (Å²) >= 11 is 0. The summed E-state index contributed by atoms with van der Waals surface area (Å²) in [6, 6.07) is 12.6. The van der Waals surface area contributed by atoms with Crippen LogP contribution in [0.4, 0.5) is 0 Å². The van der Waals surface area contributed by atoms with Gasteiger partial charge in [-0.15, -0.1) is 0 Å². The van der Waals surface area contributed by atoms with E-state index in [-0.39, 0.29) is 0 Å². The molecule has 0 aliphatic heterocycles. The summed E-state index contributed by atoms with van der Waals surface area (Å²) < 4.78 is 5.25. The SMILES string of the molecule is COc1cc[c]cc1-c1cccnc1. The van der Waals surface area contributed by atoms with Gasteiger partial charge in [0.15, 0.2) is 0 Å². The molecule has 0 aliphatic rings. The number of aromatic nitrogens is 1. The summed E-state index contributed by atoms with van der Waals surface area (Å²) in [4.78, 5) is 4.07. The molecule has 1 aromatic heterocycles. The van der Waals surface area contributed by atoms with Gasteiger partial charge < -0.3 is 4.74 Å². The van der Waals surface area contributed by atoms with Gasteiger partial charge >= 0.3 is 0 Å². The van der Waals surface area contributed by atoms with Crippen molar-refractivity contribution < 1.29 is 4.74 Å². The van der Waals surface area contributed by atoms with Crippen LogP contribution in [0.15, 0.2) is 42.7 Å². The highest BCUT2D eigenvalue weighted by molar-refractivity contribution is 5.69. The third-order valence-electron chi connectivity index (χ3n) is 2.02. The van der Waals surface area contributed by atoms with Crippen molar-refractivity contribution in [3.63, 3.8) is 0 Å². The zero-order chi connectivity index (χ0) is 9.80. The van der Waals surface area contributed by atoms with E-state index in [1.807, 2.05) is 36.5 Å². The minimum atomic E-state index is 0.844. The second kappa shape index (κ2) is 3.92. The van der Waals surface area contributed by atoms with E-state index in [4.69, 9.17) is 4.74 Å². The molecular formula is C12H10NO. The zero-order valence-electron chi connectivity index (χ0n) is 7.90. The quantitative estimate of drug-likeness (QED) is 0.715. The van der Waals surface area contributed by atoms with Crippen molar-refractivity contribution in [2.75, 3.05) is 7.11 Å². The standard InChI is InChI=1S/C12H10NO/c1-14-12-7-3-2-6-11(12)10-5-4-8-13-9-10/h3-9H,1H3. The van der Waals surface area contributed by atoms with Gasteiger partial charge in [0, 0.05) is 23.5 Å². The zero-order valence-corrected chi connectivity index (χ0v) is 7.90. The average molecular weight is 184 g/mol. The fourth-order valence-corrected chi connectivity index (χ4v) is 1.34. The van der Waals surface area contributed by atoms with Crippen molar-refractivity contribution in [2.45, 2.75) is 0 Å². The van der Waals surface area contributed by atoms with Gasteiger partial charge in [0.1, 0.15) is 5.75 Å². The molecule has 0 bridgehead atoms. The first-order valence-electron chi connectivity index (χ1n) is 4.36. The van der Waals surface area contributed by atoms with Crippen LogP contribution in [0.25, 0.3) is 11.1 Å². The maximum absolute atomic E-state index is 5.25. The van der Waals surface area contributed by atoms with Gasteiger partial charge in [-0.2, -0.15) is 0 Å². The molecule has 69 valence electrons. The van der Waals surface area contributed by atoms with E-state index >= 15 is 0 Å². The molecule has 2 rings (SSSR count). The highest BCUT2D eigenvalue weighted by Gasteiger charge is 2.03. The first-order chi connectivity index (χ1) is 6.92. The van der Waals surface area contributed by atoms with Gasteiger partial charge in [0.2, 0.25) is 0 Å². The van der Waals surface area contributed by atoms with E-state index in [1.165, 1.54) is 0 Å². The molecular weight excluding hydrogens is 174 g/mol. The largest absolute Gasteiger partial charge is 0.496 e. The number of nitrogens with zero attached hydrogens (tertiary/aromatic N) is 1. The first kappa shape index (κ1) is 8.75. The van der Waals surface area contributed by atoms with Gasteiger partial charge in [-0.1, -0.05) is 12.1 Å². The van der Waals surface area contributed by atoms with Crippen molar-refractivity contribution in [1.82, 2.24) is 4.98 Å². The summed E-state index contributed by atoms with van der Waals surface area (Å²) in [5.41, 5.74) is 2.06. The van der Waals surface area contributed by atoms with Crippen molar-refractivity contribution in [3.8, 4) is 16.9 Å². The first-order valence-corrected chi connectivity index (χ1v) is 4.36. The number of benzene rings is 1. The Hall–Kier alpha value is -1.83. The highest BCUT2D eigenvalue weighted by atomic mass is 16.5. The van der Waals surface area contributed by atoms with Crippen LogP contribution in [0.3, 0.4) is 0 Å². The van der Waals surface area contributed by atoms with Gasteiger partial charge in [0.25, 0.3) is 0 Å². The Morgan fingerprint density at radius 2 is 2.29 bits per heavy atom. The van der Waals surface area contributed by atoms with Crippen LogP contribution in [0.1, 0.15) is 0 Å². The molecule has 1 aromatic carbocycles. The van der Waals surface area contributed by atoms with Crippen LogP contribution >= 0.6 is 0 Å². The minimum Gasteiger partial charge on any atom is -0.496 e. The Bertz CT molecular complexity index is 412. The van der Waals surface area contributed by atoms with Crippen LogP contribution in [0.2, 0.25) is 0 Å². The monoisotopic (exact) mass is 184 g/mol. The molecule has 2 nitrogen and oxygen atoms in total. The summed E-state index contributed by atoms with van der Waals surface area (Å²) in [6.45, 7) is 0. The third-order valence-corrected chi connectivity index (χ3v) is 2.02. The molecule has 1 radical (unpaired) electrons. The number of pyridine rings is 1. The second-order valence-electron chi connectivity index (χ2n) is 2.87. The van der Waals surface area contributed by atoms with Gasteiger partial charge in [-0.25, -0.2) is 0 Å². The van der Waals surface area contributed by atoms with Gasteiger partial charge in [-0.3, -0.25) is 4.98 Å². The lowest BCUT2D eigenvalue weighted by atomic mass is 10.1. The molecule has 0 amide bonds. The molecule has 0 aliphatic carbocycles. The molecule has 0 fully saturated rings. The lowest BCUT2D eigenvalue weighted by Crippen LogP contribution is -1.87. The fraction of sp³-hybridized carbons (Fsp3) is 0.0833. The van der Waals surface area contributed by atoms with Crippen LogP contribution in [0, 0.1) is 6.07 Å². The van der Waals surface area contributed by atoms with Crippen molar-refractivity contribution in [1.29, 1.82) is 0 Å².